The zero-order valence-electron chi connectivity index (χ0n) is 39.7. The molecule has 2 atom stereocenters. The highest BCUT2D eigenvalue weighted by Crippen LogP contribution is 2.18. The molecular weight excluding hydrogens is 721 g/mol. The van der Waals surface area contributed by atoms with Gasteiger partial charge in [-0.1, -0.05) is 247 Å². The van der Waals surface area contributed by atoms with Gasteiger partial charge in [0.2, 0.25) is 0 Å². The lowest BCUT2D eigenvalue weighted by molar-refractivity contribution is -0.167. The molecule has 0 amide bonds. The molecule has 0 spiro atoms. The number of hydrogen-bond donors (Lipinski definition) is 0. The third kappa shape index (κ3) is 44.0. The Kier molecular flexibility index (Phi) is 43.7. The van der Waals surface area contributed by atoms with Gasteiger partial charge < -0.3 is 14.2 Å². The molecule has 0 aromatic carbocycles. The number of hydrogen-bond acceptors (Lipinski definition) is 6. The van der Waals surface area contributed by atoms with E-state index in [1.807, 2.05) is 0 Å². The first-order valence-corrected chi connectivity index (χ1v) is 25.8. The largest absolute Gasteiger partial charge is 0.462 e. The minimum absolute atomic E-state index is 0.0648. The van der Waals surface area contributed by atoms with Crippen LogP contribution in [0.4, 0.5) is 0 Å². The molecule has 0 saturated carbocycles. The van der Waals surface area contributed by atoms with Crippen LogP contribution in [0.1, 0.15) is 285 Å². The van der Waals surface area contributed by atoms with E-state index in [9.17, 15) is 14.4 Å². The standard InChI is InChI=1S/C52H100O6/c1-6-8-9-10-11-22-27-34-39-44-52(55)58-49(46-57-51(54)43-38-33-29-28-30-35-40-47(3)4)45-56-50(53)42-37-32-26-24-21-19-17-15-13-12-14-16-18-20-23-25-31-36-41-48(5)7-2/h47-49H,6-46H2,1-5H3/t48?,49-/m0/s1. The second-order valence-electron chi connectivity index (χ2n) is 18.5. The maximum Gasteiger partial charge on any atom is 0.306 e. The molecule has 0 aromatic heterocycles. The topological polar surface area (TPSA) is 78.9 Å². The van der Waals surface area contributed by atoms with Gasteiger partial charge in [-0.3, -0.25) is 14.4 Å². The van der Waals surface area contributed by atoms with Crippen LogP contribution in [0.15, 0.2) is 0 Å². The molecule has 0 heterocycles. The van der Waals surface area contributed by atoms with Crippen LogP contribution < -0.4 is 0 Å². The lowest BCUT2D eigenvalue weighted by atomic mass is 9.99. The maximum absolute atomic E-state index is 12.7. The molecule has 0 bridgehead atoms. The molecule has 0 radical (unpaired) electrons. The van der Waals surface area contributed by atoms with Gasteiger partial charge in [0.1, 0.15) is 13.2 Å². The Balaban J connectivity index is 4.11. The number of esters is 3. The summed E-state index contributed by atoms with van der Waals surface area (Å²) in [6.45, 7) is 11.3. The van der Waals surface area contributed by atoms with E-state index in [4.69, 9.17) is 14.2 Å². The van der Waals surface area contributed by atoms with Crippen molar-refractivity contribution in [3.63, 3.8) is 0 Å². The molecule has 344 valence electrons. The van der Waals surface area contributed by atoms with Crippen LogP contribution in [0.3, 0.4) is 0 Å². The van der Waals surface area contributed by atoms with Crippen molar-refractivity contribution in [1.82, 2.24) is 0 Å². The fourth-order valence-electron chi connectivity index (χ4n) is 7.78. The first-order valence-electron chi connectivity index (χ1n) is 25.8. The van der Waals surface area contributed by atoms with Crippen LogP contribution in [-0.4, -0.2) is 37.2 Å². The van der Waals surface area contributed by atoms with Gasteiger partial charge in [0.15, 0.2) is 6.10 Å². The highest BCUT2D eigenvalue weighted by atomic mass is 16.6. The van der Waals surface area contributed by atoms with Gasteiger partial charge in [-0.2, -0.15) is 0 Å². The van der Waals surface area contributed by atoms with Crippen LogP contribution in [0.25, 0.3) is 0 Å². The van der Waals surface area contributed by atoms with Gasteiger partial charge >= 0.3 is 17.9 Å². The average Bonchev–Trinajstić information content (AvgIpc) is 3.21. The second-order valence-corrected chi connectivity index (χ2v) is 18.5. The van der Waals surface area contributed by atoms with Crippen LogP contribution in [-0.2, 0) is 28.6 Å². The van der Waals surface area contributed by atoms with E-state index >= 15 is 0 Å². The van der Waals surface area contributed by atoms with Gasteiger partial charge in [0.25, 0.3) is 0 Å². The molecule has 0 aliphatic rings. The smallest absolute Gasteiger partial charge is 0.306 e. The van der Waals surface area contributed by atoms with Crippen molar-refractivity contribution in [1.29, 1.82) is 0 Å². The van der Waals surface area contributed by atoms with Gasteiger partial charge in [-0.05, 0) is 31.1 Å². The zero-order chi connectivity index (χ0) is 42.6. The van der Waals surface area contributed by atoms with E-state index in [1.54, 1.807) is 0 Å². The fourth-order valence-corrected chi connectivity index (χ4v) is 7.78. The lowest BCUT2D eigenvalue weighted by Gasteiger charge is -2.18. The predicted molar refractivity (Wildman–Crippen MR) is 247 cm³/mol. The summed E-state index contributed by atoms with van der Waals surface area (Å²) < 4.78 is 16.7. The molecule has 0 aliphatic heterocycles. The Bertz CT molecular complexity index is 887. The molecule has 1 unspecified atom stereocenters. The highest BCUT2D eigenvalue weighted by Gasteiger charge is 2.19. The van der Waals surface area contributed by atoms with E-state index in [1.165, 1.54) is 173 Å². The van der Waals surface area contributed by atoms with E-state index in [0.29, 0.717) is 19.3 Å². The molecule has 0 rings (SSSR count). The molecule has 0 aliphatic carbocycles. The summed E-state index contributed by atoms with van der Waals surface area (Å²) in [4.78, 5) is 37.7. The summed E-state index contributed by atoms with van der Waals surface area (Å²) in [5, 5.41) is 0. The minimum atomic E-state index is -0.760. The van der Waals surface area contributed by atoms with Crippen LogP contribution >= 0.6 is 0 Å². The van der Waals surface area contributed by atoms with E-state index in [2.05, 4.69) is 34.6 Å². The number of ether oxygens (including phenoxy) is 3. The van der Waals surface area contributed by atoms with Gasteiger partial charge in [0.05, 0.1) is 0 Å². The van der Waals surface area contributed by atoms with E-state index < -0.39 is 6.10 Å². The van der Waals surface area contributed by atoms with Crippen molar-refractivity contribution in [2.24, 2.45) is 11.8 Å². The van der Waals surface area contributed by atoms with Gasteiger partial charge in [-0.15, -0.1) is 0 Å². The van der Waals surface area contributed by atoms with Gasteiger partial charge in [-0.25, -0.2) is 0 Å². The fraction of sp³-hybridized carbons (Fsp3) is 0.942. The maximum atomic E-state index is 12.7. The Morgan fingerprint density at radius 3 is 0.983 bits per heavy atom. The Hall–Kier alpha value is -1.59. The number of carbonyl (C=O) groups excluding carboxylic acids is 3. The number of rotatable bonds is 46. The Morgan fingerprint density at radius 2 is 0.655 bits per heavy atom. The van der Waals surface area contributed by atoms with Crippen LogP contribution in [0.5, 0.6) is 0 Å². The van der Waals surface area contributed by atoms with Crippen molar-refractivity contribution in [2.75, 3.05) is 13.2 Å². The molecule has 0 aromatic rings. The average molecular weight is 821 g/mol. The van der Waals surface area contributed by atoms with Crippen molar-refractivity contribution in [3.05, 3.63) is 0 Å². The van der Waals surface area contributed by atoms with Crippen molar-refractivity contribution in [2.45, 2.75) is 291 Å². The van der Waals surface area contributed by atoms with Crippen LogP contribution in [0.2, 0.25) is 0 Å². The lowest BCUT2D eigenvalue weighted by Crippen LogP contribution is -2.30. The molecule has 0 fully saturated rings. The van der Waals surface area contributed by atoms with Crippen molar-refractivity contribution in [3.8, 4) is 0 Å². The summed E-state index contributed by atoms with van der Waals surface area (Å²) in [5.41, 5.74) is 0. The minimum Gasteiger partial charge on any atom is -0.462 e. The monoisotopic (exact) mass is 821 g/mol. The number of unbranched alkanes of at least 4 members (excludes halogenated alkanes) is 30. The summed E-state index contributed by atoms with van der Waals surface area (Å²) in [5.74, 6) is 0.816. The SMILES string of the molecule is CCCCCCCCCCCC(=O)O[C@@H](COC(=O)CCCCCCCCCCCCCCCCCCCCC(C)CC)COC(=O)CCCCCCCCC(C)C. The molecule has 0 saturated heterocycles. The summed E-state index contributed by atoms with van der Waals surface area (Å²) in [6, 6.07) is 0. The zero-order valence-corrected chi connectivity index (χ0v) is 39.7. The van der Waals surface area contributed by atoms with E-state index in [0.717, 1.165) is 69.6 Å². The quantitative estimate of drug-likeness (QED) is 0.0346. The van der Waals surface area contributed by atoms with Crippen LogP contribution in [0, 0.1) is 11.8 Å². The van der Waals surface area contributed by atoms with Crippen molar-refractivity contribution < 1.29 is 28.6 Å². The molecule has 6 nitrogen and oxygen atoms in total. The normalized spacial score (nSPS) is 12.5. The van der Waals surface area contributed by atoms with E-state index in [-0.39, 0.29) is 31.1 Å². The first-order chi connectivity index (χ1) is 28.3. The van der Waals surface area contributed by atoms with Crippen molar-refractivity contribution >= 4 is 17.9 Å². The highest BCUT2D eigenvalue weighted by molar-refractivity contribution is 5.71. The molecule has 6 heteroatoms. The summed E-state index contributed by atoms with van der Waals surface area (Å²) >= 11 is 0. The summed E-state index contributed by atoms with van der Waals surface area (Å²) in [7, 11) is 0. The third-order valence-corrected chi connectivity index (χ3v) is 12.1. The summed E-state index contributed by atoms with van der Waals surface area (Å²) in [6.07, 6.45) is 45.4. The Morgan fingerprint density at radius 1 is 0.362 bits per heavy atom. The molecular formula is C52H100O6. The van der Waals surface area contributed by atoms with Gasteiger partial charge in [0, 0.05) is 19.3 Å². The Labute approximate surface area is 361 Å². The molecule has 58 heavy (non-hydrogen) atoms. The number of carbonyl (C=O) groups is 3. The molecule has 0 N–H and O–H groups in total. The predicted octanol–water partition coefficient (Wildman–Crippen LogP) is 16.5. The second kappa shape index (κ2) is 44.9. The third-order valence-electron chi connectivity index (χ3n) is 12.1. The first kappa shape index (κ1) is 56.4.